The van der Waals surface area contributed by atoms with Crippen LogP contribution in [0.1, 0.15) is 388 Å². The summed E-state index contributed by atoms with van der Waals surface area (Å²) in [4.78, 5) is 0. The Bertz CT molecular complexity index is 3390. The van der Waals surface area contributed by atoms with Crippen LogP contribution >= 0.6 is 26.1 Å². The second-order valence-electron chi connectivity index (χ2n) is 42.0. The molecule has 0 fully saturated rings. The molecule has 0 bridgehead atoms. The molecule has 3 heterocycles. The topological polar surface area (TPSA) is 55.4 Å². The molecule has 0 saturated heterocycles. The molecule has 12 heteroatoms. The van der Waals surface area contributed by atoms with Crippen LogP contribution in [0, 0.1) is 0 Å². The lowest BCUT2D eigenvalue weighted by Gasteiger charge is -2.35. The molecule has 564 valence electrons. The first-order valence-corrected chi connectivity index (χ1v) is 40.4. The lowest BCUT2D eigenvalue weighted by atomic mass is 9.74. The van der Waals surface area contributed by atoms with E-state index in [9.17, 15) is 0 Å². The minimum atomic E-state index is -2.63. The van der Waals surface area contributed by atoms with E-state index >= 15 is 12.6 Å². The zero-order chi connectivity index (χ0) is 78.0. The Morgan fingerprint density at radius 2 is 0.304 bits per heavy atom. The summed E-state index contributed by atoms with van der Waals surface area (Å²) < 4.78 is 82.8. The monoisotopic (exact) mass is 1460 g/mol. The van der Waals surface area contributed by atoms with Crippen molar-refractivity contribution in [2.45, 2.75) is 353 Å². The number of rotatable bonds is 0. The first-order chi connectivity index (χ1) is 45.6. The van der Waals surface area contributed by atoms with E-state index in [1.165, 1.54) is 33.4 Å². The maximum Gasteiger partial charge on any atom is 0.505 e. The van der Waals surface area contributed by atoms with Crippen LogP contribution in [0.2, 0.25) is 0 Å². The molecular formula is C90H132F3O6P3. The van der Waals surface area contributed by atoms with Crippen molar-refractivity contribution in [3.05, 3.63) is 173 Å². The first-order valence-electron chi connectivity index (χ1n) is 37.2. The third-order valence-corrected chi connectivity index (χ3v) is 22.5. The van der Waals surface area contributed by atoms with Crippen LogP contribution in [0.25, 0.3) is 0 Å². The van der Waals surface area contributed by atoms with Gasteiger partial charge >= 0.3 is 26.1 Å². The fraction of sp³-hybridized carbons (Fsp3) is 0.600. The van der Waals surface area contributed by atoms with E-state index in [0.29, 0.717) is 34.5 Å². The molecule has 0 aromatic heterocycles. The molecule has 0 radical (unpaired) electrons. The summed E-state index contributed by atoms with van der Waals surface area (Å²) in [5, 5.41) is 0. The van der Waals surface area contributed by atoms with E-state index in [1.807, 2.05) is 0 Å². The van der Waals surface area contributed by atoms with Gasteiger partial charge in [0.05, 0.1) is 0 Å². The Balaban J connectivity index is 0.000000214. The molecule has 6 aromatic rings. The second-order valence-corrected chi connectivity index (χ2v) is 44.4. The maximum absolute atomic E-state index is 15.5. The summed E-state index contributed by atoms with van der Waals surface area (Å²) in [6.45, 7) is 85.5. The molecule has 9 rings (SSSR count). The minimum Gasteiger partial charge on any atom is -0.414 e. The molecule has 0 unspecified atom stereocenters. The molecule has 6 aromatic carbocycles. The lowest BCUT2D eigenvalue weighted by molar-refractivity contribution is 0.403. The predicted octanol–water partition coefficient (Wildman–Crippen LogP) is 30.0. The van der Waals surface area contributed by atoms with E-state index in [1.54, 1.807) is 0 Å². The van der Waals surface area contributed by atoms with Crippen LogP contribution in [0.4, 0.5) is 12.6 Å². The van der Waals surface area contributed by atoms with Crippen molar-refractivity contribution >= 4 is 26.1 Å². The molecule has 0 N–H and O–H groups in total. The Hall–Kier alpha value is -4.80. The van der Waals surface area contributed by atoms with E-state index in [0.717, 1.165) is 66.8 Å². The lowest BCUT2D eigenvalue weighted by Crippen LogP contribution is -2.22. The summed E-state index contributed by atoms with van der Waals surface area (Å²) in [6, 6.07) is 26.6. The van der Waals surface area contributed by atoms with E-state index < -0.39 is 26.1 Å². The van der Waals surface area contributed by atoms with Crippen LogP contribution in [0.15, 0.2) is 72.8 Å². The summed E-state index contributed by atoms with van der Waals surface area (Å²) in [6.07, 6.45) is 0. The maximum atomic E-state index is 15.5. The molecule has 0 atom stereocenters. The van der Waals surface area contributed by atoms with Crippen molar-refractivity contribution in [1.82, 2.24) is 0 Å². The van der Waals surface area contributed by atoms with Gasteiger partial charge in [-0.2, -0.15) is 0 Å². The van der Waals surface area contributed by atoms with Crippen molar-refractivity contribution in [3.8, 4) is 34.5 Å². The average Bonchev–Trinajstić information content (AvgIpc) is 0.752. The Morgan fingerprint density at radius 1 is 0.196 bits per heavy atom. The quantitative estimate of drug-likeness (QED) is 0.141. The van der Waals surface area contributed by atoms with Gasteiger partial charge in [-0.1, -0.05) is 343 Å². The Labute approximate surface area is 622 Å². The van der Waals surface area contributed by atoms with Crippen molar-refractivity contribution < 1.29 is 39.7 Å². The molecular weight excluding hydrogens is 1330 g/mol. The van der Waals surface area contributed by atoms with Crippen molar-refractivity contribution in [1.29, 1.82) is 0 Å². The smallest absolute Gasteiger partial charge is 0.414 e. The number of halogens is 3. The SMILES string of the molecule is CC1c2cc(C(C)(C)C)cc(C(C)(C)C)c2OP(F)Oc2c1cc(C(C)(C)C)cc2C(C)(C)C.CC1c2cc(C(C)(C)C)cc(C(C)(C)C)c2OP(F)Oc2c1cc(C(C)(C)C)cc2C(C)(C)C.CC1c2cc(C(C)(C)C)cc(C(C)(C)C)c2OP(F)Oc2c1cc(C(C)(C)C)cc2C(C)(C)C. The average molecular weight is 1460 g/mol. The molecule has 3 aliphatic heterocycles. The summed E-state index contributed by atoms with van der Waals surface area (Å²) in [5.41, 5.74) is 18.4. The standard InChI is InChI=1S/3C30H44FO2P/c3*1-18-21-14-19(27(2,3)4)16-23(29(8,9)10)25(21)32-34(31)33-26-22(18)15-20(28(5,6)7)17-24(26)30(11,12)13/h3*14-18H,1-13H3. The number of benzene rings is 6. The predicted molar refractivity (Wildman–Crippen MR) is 433 cm³/mol. The number of fused-ring (bicyclic) bond motifs is 6. The fourth-order valence-electron chi connectivity index (χ4n) is 13.4. The van der Waals surface area contributed by atoms with Gasteiger partial charge in [-0.25, -0.2) is 0 Å². The van der Waals surface area contributed by atoms with Gasteiger partial charge in [-0.05, 0) is 98.4 Å². The number of hydrogen-bond donors (Lipinski definition) is 0. The summed E-state index contributed by atoms with van der Waals surface area (Å²) in [7, 11) is -7.89. The van der Waals surface area contributed by atoms with Crippen LogP contribution < -0.4 is 27.1 Å². The summed E-state index contributed by atoms with van der Waals surface area (Å²) >= 11 is 0. The molecule has 6 nitrogen and oxygen atoms in total. The second kappa shape index (κ2) is 28.4. The highest BCUT2D eigenvalue weighted by Gasteiger charge is 2.42. The van der Waals surface area contributed by atoms with Crippen molar-refractivity contribution in [2.24, 2.45) is 0 Å². The Morgan fingerprint density at radius 3 is 0.392 bits per heavy atom. The third-order valence-electron chi connectivity index (χ3n) is 20.5. The largest absolute Gasteiger partial charge is 0.505 e. The van der Waals surface area contributed by atoms with Crippen LogP contribution in [-0.4, -0.2) is 0 Å². The van der Waals surface area contributed by atoms with Gasteiger partial charge in [0.25, 0.3) is 0 Å². The van der Waals surface area contributed by atoms with Crippen LogP contribution in [0.5, 0.6) is 34.5 Å². The zero-order valence-electron chi connectivity index (χ0n) is 70.6. The third kappa shape index (κ3) is 18.9. The van der Waals surface area contributed by atoms with Gasteiger partial charge in [0, 0.05) is 84.5 Å². The molecule has 0 saturated carbocycles. The molecule has 3 aliphatic rings. The van der Waals surface area contributed by atoms with Crippen molar-refractivity contribution in [3.63, 3.8) is 0 Å². The minimum absolute atomic E-state index is 0.0134. The van der Waals surface area contributed by atoms with Gasteiger partial charge in [0.1, 0.15) is 34.5 Å². The summed E-state index contributed by atoms with van der Waals surface area (Å²) in [5.74, 6) is 3.82. The van der Waals surface area contributed by atoms with Crippen LogP contribution in [-0.2, 0) is 65.0 Å². The number of hydrogen-bond acceptors (Lipinski definition) is 6. The zero-order valence-corrected chi connectivity index (χ0v) is 73.3. The molecule has 0 aliphatic carbocycles. The van der Waals surface area contributed by atoms with Gasteiger partial charge in [-0.3, -0.25) is 0 Å². The van der Waals surface area contributed by atoms with Gasteiger partial charge in [0.15, 0.2) is 0 Å². The normalized spacial score (nSPS) is 19.4. The van der Waals surface area contributed by atoms with E-state index in [-0.39, 0.29) is 82.7 Å². The van der Waals surface area contributed by atoms with E-state index in [2.05, 4.69) is 343 Å². The van der Waals surface area contributed by atoms with Gasteiger partial charge in [0.2, 0.25) is 0 Å². The molecule has 102 heavy (non-hydrogen) atoms. The highest BCUT2D eigenvalue weighted by molar-refractivity contribution is 7.42. The first kappa shape index (κ1) is 84.5. The molecule has 0 spiro atoms. The van der Waals surface area contributed by atoms with Gasteiger partial charge < -0.3 is 27.1 Å². The van der Waals surface area contributed by atoms with Crippen LogP contribution in [0.3, 0.4) is 0 Å². The fourth-order valence-corrected chi connectivity index (χ4v) is 15.6. The van der Waals surface area contributed by atoms with E-state index in [4.69, 9.17) is 27.1 Å². The van der Waals surface area contributed by atoms with Crippen molar-refractivity contribution in [2.75, 3.05) is 0 Å². The highest BCUT2D eigenvalue weighted by Crippen LogP contribution is 2.60. The molecule has 0 amide bonds. The Kier molecular flexibility index (Phi) is 23.5. The van der Waals surface area contributed by atoms with Gasteiger partial charge in [-0.15, -0.1) is 12.6 Å². The highest BCUT2D eigenvalue weighted by atomic mass is 31.2.